The molecule has 0 aliphatic heterocycles. The third-order valence-electron chi connectivity index (χ3n) is 2.84. The van der Waals surface area contributed by atoms with Crippen molar-refractivity contribution in [2.24, 2.45) is 0 Å². The highest BCUT2D eigenvalue weighted by atomic mass is 32.2. The number of rotatable bonds is 7. The van der Waals surface area contributed by atoms with Crippen molar-refractivity contribution in [2.45, 2.75) is 17.7 Å². The number of benzene rings is 1. The van der Waals surface area contributed by atoms with Crippen LogP contribution in [0.15, 0.2) is 40.1 Å². The third kappa shape index (κ3) is 4.76. The van der Waals surface area contributed by atoms with Crippen LogP contribution in [0.3, 0.4) is 0 Å². The van der Waals surface area contributed by atoms with E-state index >= 15 is 0 Å². The Bertz CT molecular complexity index is 802. The van der Waals surface area contributed by atoms with Gasteiger partial charge in [-0.3, -0.25) is 4.79 Å². The van der Waals surface area contributed by atoms with Gasteiger partial charge in [0.25, 0.3) is 0 Å². The maximum atomic E-state index is 12.1. The largest absolute Gasteiger partial charge is 0.332 e. The Balaban J connectivity index is 1.54. The van der Waals surface area contributed by atoms with Crippen LogP contribution < -0.4 is 10.6 Å². The first kappa shape index (κ1) is 16.9. The lowest BCUT2D eigenvalue weighted by Crippen LogP contribution is -2.14. The van der Waals surface area contributed by atoms with Crippen molar-refractivity contribution < 1.29 is 4.79 Å². The summed E-state index contributed by atoms with van der Waals surface area (Å²) in [4.78, 5) is 16.5. The quantitative estimate of drug-likeness (QED) is 0.478. The first-order valence-corrected chi connectivity index (χ1v) is 9.93. The summed E-state index contributed by atoms with van der Waals surface area (Å²) in [5.74, 6) is 0.786. The number of carbonyl (C=O) groups excluding carboxylic acids is 1. The van der Waals surface area contributed by atoms with Crippen molar-refractivity contribution in [1.82, 2.24) is 15.2 Å². The van der Waals surface area contributed by atoms with Gasteiger partial charge in [0, 0.05) is 11.1 Å². The van der Waals surface area contributed by atoms with Crippen molar-refractivity contribution in [2.75, 3.05) is 16.4 Å². The molecule has 0 unspecified atom stereocenters. The number of thiazole rings is 1. The van der Waals surface area contributed by atoms with Gasteiger partial charge in [-0.05, 0) is 17.9 Å². The number of nitrogens with zero attached hydrogens (tertiary/aromatic N) is 3. The molecule has 9 heteroatoms. The summed E-state index contributed by atoms with van der Waals surface area (Å²) in [6, 6.07) is 9.81. The molecule has 24 heavy (non-hydrogen) atoms. The summed E-state index contributed by atoms with van der Waals surface area (Å²) >= 11 is 4.46. The summed E-state index contributed by atoms with van der Waals surface area (Å²) in [7, 11) is 0. The summed E-state index contributed by atoms with van der Waals surface area (Å²) in [6.45, 7) is 2.05. The van der Waals surface area contributed by atoms with Crippen LogP contribution >= 0.6 is 34.4 Å². The molecule has 0 atom stereocenters. The van der Waals surface area contributed by atoms with Gasteiger partial charge in [-0.15, -0.1) is 21.5 Å². The van der Waals surface area contributed by atoms with Crippen LogP contribution in [0, 0.1) is 0 Å². The van der Waals surface area contributed by atoms with Crippen molar-refractivity contribution >= 4 is 56.3 Å². The molecule has 124 valence electrons. The van der Waals surface area contributed by atoms with Gasteiger partial charge >= 0.3 is 0 Å². The standard InChI is InChI=1S/C15H15N5OS3/c1-2-22-15-20-19-14(24-15)18-12(21)8-11-9-23-13(17-11)16-10-6-4-3-5-7-10/h3-7,9H,2,8H2,1H3,(H,16,17)(H,18,19,21). The molecule has 6 nitrogen and oxygen atoms in total. The SMILES string of the molecule is CCSc1nnc(NC(=O)Cc2csc(Nc3ccccc3)n2)s1. The molecule has 3 aromatic rings. The molecule has 0 radical (unpaired) electrons. The number of anilines is 3. The minimum absolute atomic E-state index is 0.143. The maximum Gasteiger partial charge on any atom is 0.232 e. The average molecular weight is 378 g/mol. The summed E-state index contributed by atoms with van der Waals surface area (Å²) in [6.07, 6.45) is 0.211. The minimum atomic E-state index is -0.143. The zero-order valence-electron chi connectivity index (χ0n) is 12.9. The van der Waals surface area contributed by atoms with Gasteiger partial charge in [0.1, 0.15) is 0 Å². The Labute approximate surface area is 151 Å². The van der Waals surface area contributed by atoms with Crippen LogP contribution in [0.25, 0.3) is 0 Å². The van der Waals surface area contributed by atoms with E-state index in [4.69, 9.17) is 0 Å². The van der Waals surface area contributed by atoms with Gasteiger partial charge in [0.15, 0.2) is 9.47 Å². The molecule has 0 bridgehead atoms. The molecular formula is C15H15N5OS3. The zero-order valence-corrected chi connectivity index (χ0v) is 15.3. The third-order valence-corrected chi connectivity index (χ3v) is 5.50. The Kier molecular flexibility index (Phi) is 5.78. The molecule has 0 fully saturated rings. The number of hydrogen-bond acceptors (Lipinski definition) is 8. The van der Waals surface area contributed by atoms with Crippen LogP contribution in [0.5, 0.6) is 0 Å². The van der Waals surface area contributed by atoms with E-state index in [-0.39, 0.29) is 12.3 Å². The second kappa shape index (κ2) is 8.22. The second-order valence-electron chi connectivity index (χ2n) is 4.67. The second-order valence-corrected chi connectivity index (χ2v) is 8.01. The topological polar surface area (TPSA) is 79.8 Å². The Morgan fingerprint density at radius 1 is 1.21 bits per heavy atom. The first-order valence-electron chi connectivity index (χ1n) is 7.25. The Morgan fingerprint density at radius 2 is 2.04 bits per heavy atom. The average Bonchev–Trinajstić information content (AvgIpc) is 3.18. The lowest BCUT2D eigenvalue weighted by Gasteiger charge is -2.01. The molecule has 2 aromatic heterocycles. The monoisotopic (exact) mass is 377 g/mol. The number of amides is 1. The van der Waals surface area contributed by atoms with E-state index in [0.29, 0.717) is 5.13 Å². The molecule has 0 aliphatic carbocycles. The normalized spacial score (nSPS) is 10.5. The minimum Gasteiger partial charge on any atom is -0.332 e. The molecule has 0 spiro atoms. The van der Waals surface area contributed by atoms with E-state index in [2.05, 4.69) is 25.8 Å². The van der Waals surface area contributed by atoms with Gasteiger partial charge in [-0.2, -0.15) is 0 Å². The van der Waals surface area contributed by atoms with Crippen molar-refractivity contribution in [1.29, 1.82) is 0 Å². The molecule has 0 saturated carbocycles. The molecule has 0 saturated heterocycles. The zero-order chi connectivity index (χ0) is 16.8. The Hall–Kier alpha value is -1.97. The lowest BCUT2D eigenvalue weighted by molar-refractivity contribution is -0.115. The molecule has 2 heterocycles. The molecule has 3 rings (SSSR count). The highest BCUT2D eigenvalue weighted by molar-refractivity contribution is 8.01. The predicted molar refractivity (Wildman–Crippen MR) is 100 cm³/mol. The summed E-state index contributed by atoms with van der Waals surface area (Å²) in [5, 5.41) is 17.1. The summed E-state index contributed by atoms with van der Waals surface area (Å²) in [5.41, 5.74) is 1.70. The van der Waals surface area contributed by atoms with E-state index in [1.807, 2.05) is 42.6 Å². The van der Waals surface area contributed by atoms with Crippen molar-refractivity contribution in [3.63, 3.8) is 0 Å². The van der Waals surface area contributed by atoms with Gasteiger partial charge in [-0.1, -0.05) is 48.2 Å². The Morgan fingerprint density at radius 3 is 2.83 bits per heavy atom. The molecule has 1 amide bonds. The maximum absolute atomic E-state index is 12.1. The van der Waals surface area contributed by atoms with Crippen LogP contribution in [-0.2, 0) is 11.2 Å². The van der Waals surface area contributed by atoms with E-state index < -0.39 is 0 Å². The van der Waals surface area contributed by atoms with Crippen LogP contribution in [-0.4, -0.2) is 26.8 Å². The number of hydrogen-bond donors (Lipinski definition) is 2. The van der Waals surface area contributed by atoms with Gasteiger partial charge in [0.2, 0.25) is 11.0 Å². The number of thioether (sulfide) groups is 1. The highest BCUT2D eigenvalue weighted by Crippen LogP contribution is 2.25. The molecular weight excluding hydrogens is 362 g/mol. The van der Waals surface area contributed by atoms with Crippen molar-refractivity contribution in [3.05, 3.63) is 41.4 Å². The lowest BCUT2D eigenvalue weighted by atomic mass is 10.3. The van der Waals surface area contributed by atoms with Crippen LogP contribution in [0.2, 0.25) is 0 Å². The summed E-state index contributed by atoms with van der Waals surface area (Å²) < 4.78 is 0.857. The molecule has 2 N–H and O–H groups in total. The van der Waals surface area contributed by atoms with Crippen LogP contribution in [0.4, 0.5) is 16.0 Å². The van der Waals surface area contributed by atoms with E-state index in [1.54, 1.807) is 11.8 Å². The van der Waals surface area contributed by atoms with E-state index in [1.165, 1.54) is 22.7 Å². The fraction of sp³-hybridized carbons (Fsp3) is 0.200. The highest BCUT2D eigenvalue weighted by Gasteiger charge is 2.11. The fourth-order valence-electron chi connectivity index (χ4n) is 1.86. The van der Waals surface area contributed by atoms with Crippen molar-refractivity contribution in [3.8, 4) is 0 Å². The predicted octanol–water partition coefficient (Wildman–Crippen LogP) is 4.03. The number of nitrogens with one attached hydrogen (secondary N) is 2. The first-order chi connectivity index (χ1) is 11.7. The molecule has 0 aliphatic rings. The van der Waals surface area contributed by atoms with Gasteiger partial charge in [-0.25, -0.2) is 4.98 Å². The number of carbonyl (C=O) groups is 1. The van der Waals surface area contributed by atoms with E-state index in [0.717, 1.165) is 26.6 Å². The van der Waals surface area contributed by atoms with Crippen LogP contribution in [0.1, 0.15) is 12.6 Å². The van der Waals surface area contributed by atoms with E-state index in [9.17, 15) is 4.79 Å². The smallest absolute Gasteiger partial charge is 0.232 e. The molecule has 1 aromatic carbocycles. The number of aromatic nitrogens is 3. The number of para-hydroxylation sites is 1. The fourth-order valence-corrected chi connectivity index (χ4v) is 4.26. The van der Waals surface area contributed by atoms with Gasteiger partial charge in [0.05, 0.1) is 12.1 Å². The van der Waals surface area contributed by atoms with Gasteiger partial charge < -0.3 is 10.6 Å².